The third-order valence-electron chi connectivity index (χ3n) is 7.79. The predicted molar refractivity (Wildman–Crippen MR) is 150 cm³/mol. The molecule has 0 amide bonds. The summed E-state index contributed by atoms with van der Waals surface area (Å²) < 4.78 is 68.6. The number of rotatable bonds is 15. The van der Waals surface area contributed by atoms with E-state index in [4.69, 9.17) is 4.74 Å². The SMILES string of the molecule is CN(CCCCCC[C@@H]1c2ccc(O)cc2OC[C@]1(C)c1ccc(O)cc1)CCSCCCC(F)(F)C(F)(F)F. The van der Waals surface area contributed by atoms with Crippen LogP contribution in [0.25, 0.3) is 0 Å². The number of phenols is 2. The van der Waals surface area contributed by atoms with Crippen LogP contribution in [0, 0.1) is 0 Å². The number of phenolic OH excluding ortho intramolecular Hbond substituents is 2. The van der Waals surface area contributed by atoms with Crippen molar-refractivity contribution < 1.29 is 36.9 Å². The van der Waals surface area contributed by atoms with Crippen molar-refractivity contribution in [3.8, 4) is 17.2 Å². The van der Waals surface area contributed by atoms with Crippen LogP contribution in [0.15, 0.2) is 42.5 Å². The van der Waals surface area contributed by atoms with E-state index in [9.17, 15) is 32.2 Å². The summed E-state index contributed by atoms with van der Waals surface area (Å²) in [4.78, 5) is 2.17. The third-order valence-corrected chi connectivity index (χ3v) is 8.84. The second-order valence-electron chi connectivity index (χ2n) is 11.0. The van der Waals surface area contributed by atoms with Crippen molar-refractivity contribution in [3.63, 3.8) is 0 Å². The van der Waals surface area contributed by atoms with Crippen LogP contribution in [0.2, 0.25) is 0 Å². The maximum atomic E-state index is 12.9. The summed E-state index contributed by atoms with van der Waals surface area (Å²) in [6.07, 6.45) is -1.66. The Balaban J connectivity index is 1.39. The second-order valence-corrected chi connectivity index (χ2v) is 12.2. The highest BCUT2D eigenvalue weighted by Crippen LogP contribution is 2.49. The van der Waals surface area contributed by atoms with Gasteiger partial charge in [-0.15, -0.1) is 0 Å². The molecule has 2 N–H and O–H groups in total. The van der Waals surface area contributed by atoms with Crippen molar-refractivity contribution in [3.05, 3.63) is 53.6 Å². The average molecular weight is 590 g/mol. The molecule has 40 heavy (non-hydrogen) atoms. The fraction of sp³-hybridized carbons (Fsp3) is 0.600. The molecule has 1 aliphatic rings. The lowest BCUT2D eigenvalue weighted by Gasteiger charge is -2.43. The molecule has 0 radical (unpaired) electrons. The van der Waals surface area contributed by atoms with Gasteiger partial charge in [0.05, 0.1) is 6.61 Å². The number of hydrogen-bond acceptors (Lipinski definition) is 5. The Morgan fingerprint density at radius 1 is 0.900 bits per heavy atom. The van der Waals surface area contributed by atoms with E-state index in [1.165, 1.54) is 11.8 Å². The van der Waals surface area contributed by atoms with Gasteiger partial charge < -0.3 is 19.8 Å². The van der Waals surface area contributed by atoms with Crippen LogP contribution >= 0.6 is 11.8 Å². The minimum absolute atomic E-state index is 0.161. The van der Waals surface area contributed by atoms with Crippen LogP contribution in [0.3, 0.4) is 0 Å². The summed E-state index contributed by atoms with van der Waals surface area (Å²) in [6, 6.07) is 12.6. The van der Waals surface area contributed by atoms with Crippen LogP contribution in [0.5, 0.6) is 17.2 Å². The average Bonchev–Trinajstić information content (AvgIpc) is 2.89. The standard InChI is InChI=1S/C30H40F5NO3S/c1-28(22-9-11-23(37)12-10-22)21-39-27-20-24(38)13-14-25(27)26(28)8-5-3-4-6-16-36(2)17-19-40-18-7-15-29(31,32)30(33,34)35/h9-14,20,26,37-38H,3-8,15-19,21H2,1-2H3/t26-,28-/m1/s1. The Kier molecular flexibility index (Phi) is 11.4. The molecule has 4 nitrogen and oxygen atoms in total. The summed E-state index contributed by atoms with van der Waals surface area (Å²) in [5, 5.41) is 19.7. The Morgan fingerprint density at radius 3 is 2.27 bits per heavy atom. The molecule has 0 aliphatic carbocycles. The molecule has 2 aromatic carbocycles. The molecule has 1 aliphatic heterocycles. The number of thioether (sulfide) groups is 1. The number of fused-ring (bicyclic) bond motifs is 1. The van der Waals surface area contributed by atoms with Crippen LogP contribution in [0.1, 0.15) is 68.9 Å². The van der Waals surface area contributed by atoms with E-state index >= 15 is 0 Å². The van der Waals surface area contributed by atoms with Crippen LogP contribution in [-0.4, -0.2) is 65.5 Å². The van der Waals surface area contributed by atoms with Crippen molar-refractivity contribution >= 4 is 11.8 Å². The first-order chi connectivity index (χ1) is 18.8. The van der Waals surface area contributed by atoms with Crippen molar-refractivity contribution in [2.24, 2.45) is 0 Å². The van der Waals surface area contributed by atoms with Crippen molar-refractivity contribution in [1.29, 1.82) is 0 Å². The van der Waals surface area contributed by atoms with Gasteiger partial charge in [0.1, 0.15) is 17.2 Å². The molecule has 0 bridgehead atoms. The zero-order valence-electron chi connectivity index (χ0n) is 23.2. The first kappa shape index (κ1) is 32.3. The molecular weight excluding hydrogens is 549 g/mol. The number of halogens is 5. The van der Waals surface area contributed by atoms with E-state index in [1.54, 1.807) is 24.3 Å². The molecule has 0 saturated heterocycles. The highest BCUT2D eigenvalue weighted by molar-refractivity contribution is 7.99. The second kappa shape index (κ2) is 14.1. The first-order valence-electron chi connectivity index (χ1n) is 13.8. The van der Waals surface area contributed by atoms with Gasteiger partial charge in [-0.1, -0.05) is 44.4 Å². The van der Waals surface area contributed by atoms with Crippen molar-refractivity contribution in [1.82, 2.24) is 4.90 Å². The normalized spacial score (nSPS) is 19.4. The lowest BCUT2D eigenvalue weighted by Crippen LogP contribution is -2.40. The summed E-state index contributed by atoms with van der Waals surface area (Å²) >= 11 is 1.41. The first-order valence-corrected chi connectivity index (χ1v) is 14.9. The molecule has 2 aromatic rings. The Hall–Kier alpha value is -2.20. The number of hydrogen-bond donors (Lipinski definition) is 2. The van der Waals surface area contributed by atoms with Gasteiger partial charge in [-0.3, -0.25) is 0 Å². The van der Waals surface area contributed by atoms with Gasteiger partial charge in [-0.2, -0.15) is 33.7 Å². The predicted octanol–water partition coefficient (Wildman–Crippen LogP) is 8.13. The van der Waals surface area contributed by atoms with Gasteiger partial charge >= 0.3 is 12.1 Å². The monoisotopic (exact) mass is 589 g/mol. The van der Waals surface area contributed by atoms with Gasteiger partial charge in [0.2, 0.25) is 0 Å². The fourth-order valence-electron chi connectivity index (χ4n) is 5.26. The van der Waals surface area contributed by atoms with Gasteiger partial charge in [0.25, 0.3) is 0 Å². The summed E-state index contributed by atoms with van der Waals surface area (Å²) in [5.74, 6) is -2.31. The minimum Gasteiger partial charge on any atom is -0.508 e. The summed E-state index contributed by atoms with van der Waals surface area (Å²) in [7, 11) is 2.00. The Morgan fingerprint density at radius 2 is 1.57 bits per heavy atom. The van der Waals surface area contributed by atoms with E-state index in [-0.39, 0.29) is 35.0 Å². The van der Waals surface area contributed by atoms with Crippen LogP contribution in [0.4, 0.5) is 22.0 Å². The van der Waals surface area contributed by atoms with Crippen LogP contribution < -0.4 is 4.74 Å². The van der Waals surface area contributed by atoms with Gasteiger partial charge in [0, 0.05) is 36.1 Å². The molecule has 224 valence electrons. The Labute approximate surface area is 237 Å². The Bertz CT molecular complexity index is 1070. The third kappa shape index (κ3) is 8.65. The van der Waals surface area contributed by atoms with E-state index < -0.39 is 18.5 Å². The highest BCUT2D eigenvalue weighted by Gasteiger charge is 2.56. The molecular formula is C30H40F5NO3S. The quantitative estimate of drug-likeness (QED) is 0.162. The largest absolute Gasteiger partial charge is 0.508 e. The summed E-state index contributed by atoms with van der Waals surface area (Å²) in [5.41, 5.74) is 1.90. The number of unbranched alkanes of at least 4 members (excludes halogenated alkanes) is 3. The lowest BCUT2D eigenvalue weighted by atomic mass is 9.66. The van der Waals surface area contributed by atoms with E-state index in [0.29, 0.717) is 12.4 Å². The maximum absolute atomic E-state index is 12.9. The number of alkyl halides is 5. The zero-order chi connectivity index (χ0) is 29.4. The zero-order valence-corrected chi connectivity index (χ0v) is 24.0. The molecule has 3 rings (SSSR count). The topological polar surface area (TPSA) is 52.9 Å². The summed E-state index contributed by atoms with van der Waals surface area (Å²) in [6.45, 7) is 4.33. The fourth-order valence-corrected chi connectivity index (χ4v) is 6.26. The molecule has 0 aromatic heterocycles. The van der Waals surface area contributed by atoms with E-state index in [1.807, 2.05) is 25.2 Å². The molecule has 0 saturated carbocycles. The highest BCUT2D eigenvalue weighted by atomic mass is 32.2. The molecule has 10 heteroatoms. The van der Waals surface area contributed by atoms with Gasteiger partial charge in [-0.05, 0) is 67.9 Å². The number of nitrogens with zero attached hydrogens (tertiary/aromatic N) is 1. The molecule has 0 fully saturated rings. The van der Waals surface area contributed by atoms with E-state index in [2.05, 4.69) is 11.8 Å². The maximum Gasteiger partial charge on any atom is 0.453 e. The molecule has 0 unspecified atom stereocenters. The van der Waals surface area contributed by atoms with Gasteiger partial charge in [-0.25, -0.2) is 0 Å². The smallest absolute Gasteiger partial charge is 0.453 e. The number of aromatic hydroxyl groups is 2. The van der Waals surface area contributed by atoms with Gasteiger partial charge in [0.15, 0.2) is 0 Å². The molecule has 1 heterocycles. The van der Waals surface area contributed by atoms with Crippen molar-refractivity contribution in [2.45, 2.75) is 75.3 Å². The lowest BCUT2D eigenvalue weighted by molar-refractivity contribution is -0.284. The number of ether oxygens (including phenoxy) is 1. The van der Waals surface area contributed by atoms with E-state index in [0.717, 1.165) is 62.1 Å². The van der Waals surface area contributed by atoms with Crippen LogP contribution in [-0.2, 0) is 5.41 Å². The molecule has 2 atom stereocenters. The molecule has 0 spiro atoms. The minimum atomic E-state index is -5.47. The number of benzene rings is 2. The van der Waals surface area contributed by atoms with Crippen molar-refractivity contribution in [2.75, 3.05) is 38.2 Å².